The molecule has 0 aliphatic rings. The Hall–Kier alpha value is -1.81. The molecule has 0 aliphatic carbocycles. The van der Waals surface area contributed by atoms with E-state index in [9.17, 15) is 14.4 Å². The molecule has 0 aromatic carbocycles. The fraction of sp³-hybridized carbons (Fsp3) is 0.706. The first-order valence-electron chi connectivity index (χ1n) is 8.11. The molecule has 0 rings (SSSR count). The number of esters is 2. The maximum Gasteiger partial charge on any atom is 0.307 e. The van der Waals surface area contributed by atoms with Crippen molar-refractivity contribution < 1.29 is 42.8 Å². The number of aldehydes is 1. The second-order valence-corrected chi connectivity index (χ2v) is 4.48. The summed E-state index contributed by atoms with van der Waals surface area (Å²) in [6.07, 6.45) is 2.88. The van der Waals surface area contributed by atoms with Crippen molar-refractivity contribution in [1.29, 1.82) is 0 Å². The van der Waals surface area contributed by atoms with Crippen molar-refractivity contribution >= 4 is 18.2 Å². The molecule has 0 fully saturated rings. The van der Waals surface area contributed by atoms with Crippen molar-refractivity contribution in [3.05, 3.63) is 12.7 Å². The van der Waals surface area contributed by atoms with Crippen LogP contribution < -0.4 is 0 Å². The highest BCUT2D eigenvalue weighted by atomic mass is 16.5. The van der Waals surface area contributed by atoms with E-state index in [0.717, 1.165) is 0 Å². The molecular formula is C17H30O9. The summed E-state index contributed by atoms with van der Waals surface area (Å²) >= 11 is 0. The lowest BCUT2D eigenvalue weighted by Gasteiger charge is -2.03. The van der Waals surface area contributed by atoms with E-state index in [-0.39, 0.29) is 31.4 Å². The molecule has 0 aromatic rings. The SMILES string of the molecule is C=CCOCCOCCC(=O)OC.COC(=O)CCOCCOCC=O. The quantitative estimate of drug-likeness (QED) is 0.165. The molecular weight excluding hydrogens is 348 g/mol. The van der Waals surface area contributed by atoms with Gasteiger partial charge in [-0.1, -0.05) is 6.08 Å². The molecule has 0 amide bonds. The lowest BCUT2D eigenvalue weighted by atomic mass is 10.5. The predicted molar refractivity (Wildman–Crippen MR) is 92.8 cm³/mol. The molecule has 0 aliphatic heterocycles. The second-order valence-electron chi connectivity index (χ2n) is 4.48. The second kappa shape index (κ2) is 23.2. The van der Waals surface area contributed by atoms with Crippen molar-refractivity contribution in [2.45, 2.75) is 12.8 Å². The average molecular weight is 378 g/mol. The summed E-state index contributed by atoms with van der Waals surface area (Å²) in [5.41, 5.74) is 0. The Morgan fingerprint density at radius 1 is 0.731 bits per heavy atom. The number of carbonyl (C=O) groups excluding carboxylic acids is 3. The van der Waals surface area contributed by atoms with E-state index in [1.807, 2.05) is 0 Å². The van der Waals surface area contributed by atoms with Gasteiger partial charge in [0.05, 0.1) is 73.3 Å². The summed E-state index contributed by atoms with van der Waals surface area (Å²) in [6.45, 7) is 6.56. The minimum atomic E-state index is -0.297. The van der Waals surface area contributed by atoms with E-state index in [1.54, 1.807) is 6.08 Å². The van der Waals surface area contributed by atoms with Crippen LogP contribution in [0.2, 0.25) is 0 Å². The Balaban J connectivity index is 0. The van der Waals surface area contributed by atoms with Gasteiger partial charge in [-0.15, -0.1) is 6.58 Å². The molecule has 26 heavy (non-hydrogen) atoms. The van der Waals surface area contributed by atoms with Crippen LogP contribution in [0.5, 0.6) is 0 Å². The van der Waals surface area contributed by atoms with Crippen LogP contribution in [-0.2, 0) is 42.8 Å². The lowest BCUT2D eigenvalue weighted by Crippen LogP contribution is -2.10. The highest BCUT2D eigenvalue weighted by molar-refractivity contribution is 5.69. The molecule has 0 unspecified atom stereocenters. The molecule has 0 heterocycles. The fourth-order valence-corrected chi connectivity index (χ4v) is 1.25. The summed E-state index contributed by atoms with van der Waals surface area (Å²) in [5, 5.41) is 0. The van der Waals surface area contributed by atoms with Crippen molar-refractivity contribution in [2.24, 2.45) is 0 Å². The minimum absolute atomic E-state index is 0.0837. The van der Waals surface area contributed by atoms with Crippen LogP contribution in [-0.4, -0.2) is 85.3 Å². The molecule has 0 saturated heterocycles. The summed E-state index contributed by atoms with van der Waals surface area (Å²) in [7, 11) is 2.69. The summed E-state index contributed by atoms with van der Waals surface area (Å²) < 4.78 is 28.8. The van der Waals surface area contributed by atoms with E-state index in [1.165, 1.54) is 14.2 Å². The third-order valence-corrected chi connectivity index (χ3v) is 2.52. The third-order valence-electron chi connectivity index (χ3n) is 2.52. The highest BCUT2D eigenvalue weighted by Gasteiger charge is 1.99. The Bertz CT molecular complexity index is 324. The van der Waals surface area contributed by atoms with E-state index in [4.69, 9.17) is 18.9 Å². The lowest BCUT2D eigenvalue weighted by molar-refractivity contribution is -0.142. The van der Waals surface area contributed by atoms with Crippen LogP contribution >= 0.6 is 0 Å². The predicted octanol–water partition coefficient (Wildman–Crippen LogP) is 0.550. The standard InChI is InChI=1S/C9H16O4.C8H14O5/c1-3-5-12-7-8-13-6-4-9(10)11-2;1-11-8(10)2-4-12-6-7-13-5-3-9/h3H,1,4-8H2,2H3;3H,2,4-7H2,1H3. The third kappa shape index (κ3) is 24.4. The molecule has 0 radical (unpaired) electrons. The van der Waals surface area contributed by atoms with E-state index in [0.29, 0.717) is 52.5 Å². The maximum atomic E-state index is 10.6. The zero-order valence-corrected chi connectivity index (χ0v) is 15.6. The van der Waals surface area contributed by atoms with Crippen LogP contribution in [0.25, 0.3) is 0 Å². The van der Waals surface area contributed by atoms with Gasteiger partial charge >= 0.3 is 11.9 Å². The smallest absolute Gasteiger partial charge is 0.307 e. The van der Waals surface area contributed by atoms with Crippen LogP contribution in [0.4, 0.5) is 0 Å². The normalized spacial score (nSPS) is 9.62. The Kier molecular flexibility index (Phi) is 23.6. The van der Waals surface area contributed by atoms with Crippen molar-refractivity contribution in [3.63, 3.8) is 0 Å². The van der Waals surface area contributed by atoms with Gasteiger partial charge in [0.2, 0.25) is 0 Å². The topological polar surface area (TPSA) is 107 Å². The van der Waals surface area contributed by atoms with Crippen LogP contribution in [0.15, 0.2) is 12.7 Å². The van der Waals surface area contributed by atoms with Gasteiger partial charge in [0.1, 0.15) is 12.9 Å². The van der Waals surface area contributed by atoms with Crippen LogP contribution in [0.3, 0.4) is 0 Å². The highest BCUT2D eigenvalue weighted by Crippen LogP contribution is 1.87. The molecule has 152 valence electrons. The number of methoxy groups -OCH3 is 2. The van der Waals surface area contributed by atoms with Crippen molar-refractivity contribution in [2.75, 3.05) is 67.1 Å². The first-order chi connectivity index (χ1) is 12.6. The molecule has 0 bridgehead atoms. The van der Waals surface area contributed by atoms with Gasteiger partial charge < -0.3 is 33.2 Å². The molecule has 0 aromatic heterocycles. The summed E-state index contributed by atoms with van der Waals surface area (Å²) in [4.78, 5) is 31.0. The number of hydrogen-bond donors (Lipinski definition) is 0. The number of ether oxygens (including phenoxy) is 6. The first kappa shape index (κ1) is 26.4. The Labute approximate surface area is 154 Å². The first-order valence-corrected chi connectivity index (χ1v) is 8.11. The fourth-order valence-electron chi connectivity index (χ4n) is 1.25. The zero-order chi connectivity index (χ0) is 19.9. The maximum absolute atomic E-state index is 10.6. The zero-order valence-electron chi connectivity index (χ0n) is 15.6. The van der Waals surface area contributed by atoms with Crippen molar-refractivity contribution in [1.82, 2.24) is 0 Å². The summed E-state index contributed by atoms with van der Waals surface area (Å²) in [6, 6.07) is 0. The van der Waals surface area contributed by atoms with Crippen LogP contribution in [0, 0.1) is 0 Å². The molecule has 9 heteroatoms. The van der Waals surface area contributed by atoms with Gasteiger partial charge in [-0.25, -0.2) is 0 Å². The van der Waals surface area contributed by atoms with Gasteiger partial charge in [-0.05, 0) is 0 Å². The number of carbonyl (C=O) groups is 3. The van der Waals surface area contributed by atoms with Gasteiger partial charge in [-0.2, -0.15) is 0 Å². The van der Waals surface area contributed by atoms with Crippen LogP contribution in [0.1, 0.15) is 12.8 Å². The molecule has 0 N–H and O–H groups in total. The van der Waals surface area contributed by atoms with E-state index >= 15 is 0 Å². The van der Waals surface area contributed by atoms with Gasteiger partial charge in [0, 0.05) is 0 Å². The van der Waals surface area contributed by atoms with Gasteiger partial charge in [0.15, 0.2) is 0 Å². The molecule has 9 nitrogen and oxygen atoms in total. The molecule has 0 saturated carbocycles. The summed E-state index contributed by atoms with van der Waals surface area (Å²) in [5.74, 6) is -0.555. The van der Waals surface area contributed by atoms with E-state index in [2.05, 4.69) is 16.1 Å². The van der Waals surface area contributed by atoms with E-state index < -0.39 is 0 Å². The van der Waals surface area contributed by atoms with Crippen molar-refractivity contribution in [3.8, 4) is 0 Å². The Morgan fingerprint density at radius 3 is 1.54 bits per heavy atom. The average Bonchev–Trinajstić information content (AvgIpc) is 2.66. The Morgan fingerprint density at radius 2 is 1.15 bits per heavy atom. The number of hydrogen-bond acceptors (Lipinski definition) is 9. The number of rotatable bonds is 16. The molecule has 0 spiro atoms. The van der Waals surface area contributed by atoms with Gasteiger partial charge in [0.25, 0.3) is 0 Å². The monoisotopic (exact) mass is 378 g/mol. The van der Waals surface area contributed by atoms with Gasteiger partial charge in [-0.3, -0.25) is 9.59 Å². The largest absolute Gasteiger partial charge is 0.469 e. The molecule has 0 atom stereocenters. The minimum Gasteiger partial charge on any atom is -0.469 e.